The monoisotopic (exact) mass is 223 g/mol. The highest BCUT2D eigenvalue weighted by Crippen LogP contribution is 2.33. The number of hydrogen-bond acceptors (Lipinski definition) is 3. The number of hydrogen-bond donors (Lipinski definition) is 1. The minimum absolute atomic E-state index is 0.0361. The number of ketones is 1. The van der Waals surface area contributed by atoms with Crippen LogP contribution in [0.4, 0.5) is 5.69 Å². The van der Waals surface area contributed by atoms with Gasteiger partial charge in [0.25, 0.3) is 0 Å². The van der Waals surface area contributed by atoms with Gasteiger partial charge < -0.3 is 5.11 Å². The van der Waals surface area contributed by atoms with Crippen LogP contribution in [-0.4, -0.2) is 23.5 Å². The number of halogens is 1. The highest BCUT2D eigenvalue weighted by Gasteiger charge is 2.14. The van der Waals surface area contributed by atoms with E-state index in [-0.39, 0.29) is 23.1 Å². The Bertz CT molecular complexity index is 427. The van der Waals surface area contributed by atoms with Crippen molar-refractivity contribution in [1.29, 1.82) is 0 Å². The summed E-state index contributed by atoms with van der Waals surface area (Å²) in [5.74, 6) is -0.398. The molecule has 1 aromatic carbocycles. The zero-order chi connectivity index (χ0) is 11.4. The predicted octanol–water partition coefficient (Wildman–Crippen LogP) is 2.79. The molecule has 4 heteroatoms. The lowest BCUT2D eigenvalue weighted by Crippen LogP contribution is -2.02. The van der Waals surface area contributed by atoms with E-state index in [1.807, 2.05) is 0 Å². The first-order chi connectivity index (χ1) is 7.15. The van der Waals surface area contributed by atoms with Gasteiger partial charge in [0.1, 0.15) is 11.4 Å². The second-order valence-corrected chi connectivity index (χ2v) is 3.08. The highest BCUT2D eigenvalue weighted by atomic mass is 35.5. The van der Waals surface area contributed by atoms with Crippen LogP contribution >= 0.6 is 11.6 Å². The van der Waals surface area contributed by atoms with E-state index in [0.29, 0.717) is 11.1 Å². The number of carbonyl (C=O) groups is 1. The smallest absolute Gasteiger partial charge is 0.178 e. The van der Waals surface area contributed by atoms with Gasteiger partial charge in [-0.2, -0.15) is 0 Å². The maximum Gasteiger partial charge on any atom is 0.178 e. The minimum Gasteiger partial charge on any atom is -0.506 e. The lowest BCUT2D eigenvalue weighted by molar-refractivity contribution is 0.102. The first-order valence-corrected chi connectivity index (χ1v) is 4.73. The summed E-state index contributed by atoms with van der Waals surface area (Å²) in [7, 11) is 0. The standard InChI is InChI=1S/C11H10ClNO2/c1-3-7-8(10(15)6-12)4-5-9(14)11(7)13-2/h3-5,14H,1-2,6H2. The largest absolute Gasteiger partial charge is 0.506 e. The van der Waals surface area contributed by atoms with Crippen molar-refractivity contribution >= 4 is 35.9 Å². The van der Waals surface area contributed by atoms with Gasteiger partial charge in [0.2, 0.25) is 0 Å². The summed E-state index contributed by atoms with van der Waals surface area (Å²) in [6, 6.07) is 2.88. The molecular weight excluding hydrogens is 214 g/mol. The molecule has 15 heavy (non-hydrogen) atoms. The van der Waals surface area contributed by atoms with Gasteiger partial charge in [0, 0.05) is 11.1 Å². The topological polar surface area (TPSA) is 49.7 Å². The lowest BCUT2D eigenvalue weighted by Gasteiger charge is -2.08. The molecule has 0 amide bonds. The van der Waals surface area contributed by atoms with Crippen molar-refractivity contribution in [2.45, 2.75) is 0 Å². The van der Waals surface area contributed by atoms with Crippen LogP contribution in [0, 0.1) is 0 Å². The van der Waals surface area contributed by atoms with Crippen molar-refractivity contribution in [1.82, 2.24) is 0 Å². The summed E-state index contributed by atoms with van der Waals surface area (Å²) in [6.45, 7) is 6.89. The fourth-order valence-electron chi connectivity index (χ4n) is 1.28. The number of alkyl halides is 1. The van der Waals surface area contributed by atoms with E-state index in [9.17, 15) is 9.90 Å². The second kappa shape index (κ2) is 4.75. The number of rotatable bonds is 4. The van der Waals surface area contributed by atoms with E-state index >= 15 is 0 Å². The fourth-order valence-corrected chi connectivity index (χ4v) is 1.43. The van der Waals surface area contributed by atoms with Crippen LogP contribution in [0.25, 0.3) is 6.08 Å². The molecule has 0 radical (unpaired) electrons. The number of nitrogens with zero attached hydrogens (tertiary/aromatic N) is 1. The van der Waals surface area contributed by atoms with E-state index in [0.717, 1.165) is 0 Å². The van der Waals surface area contributed by atoms with Crippen LogP contribution in [0.5, 0.6) is 5.75 Å². The van der Waals surface area contributed by atoms with E-state index in [2.05, 4.69) is 18.3 Å². The number of Topliss-reactive ketones (excluding diaryl/α,β-unsaturated/α-hetero) is 1. The van der Waals surface area contributed by atoms with Crippen molar-refractivity contribution in [3.05, 3.63) is 29.8 Å². The molecule has 0 spiro atoms. The van der Waals surface area contributed by atoms with Crippen LogP contribution in [0.3, 0.4) is 0 Å². The molecule has 0 bridgehead atoms. The third-order valence-corrected chi connectivity index (χ3v) is 2.22. The molecule has 0 aliphatic carbocycles. The third kappa shape index (κ3) is 2.07. The zero-order valence-corrected chi connectivity index (χ0v) is 8.79. The molecule has 0 aliphatic rings. The third-order valence-electron chi connectivity index (χ3n) is 1.98. The summed E-state index contributed by atoms with van der Waals surface area (Å²) < 4.78 is 0. The van der Waals surface area contributed by atoms with Gasteiger partial charge in [-0.25, -0.2) is 0 Å². The molecule has 0 unspecified atom stereocenters. The van der Waals surface area contributed by atoms with Gasteiger partial charge in [0.15, 0.2) is 5.78 Å². The Morgan fingerprint density at radius 2 is 2.27 bits per heavy atom. The molecule has 0 fully saturated rings. The summed E-state index contributed by atoms with van der Waals surface area (Å²) in [6.07, 6.45) is 1.45. The first-order valence-electron chi connectivity index (χ1n) is 4.20. The molecule has 0 heterocycles. The molecule has 1 N–H and O–H groups in total. The number of aliphatic imine (C=N–C) groups is 1. The molecule has 0 aromatic heterocycles. The Hall–Kier alpha value is -1.61. The van der Waals surface area contributed by atoms with Gasteiger partial charge in [-0.15, -0.1) is 11.6 Å². The van der Waals surface area contributed by atoms with Crippen LogP contribution in [-0.2, 0) is 0 Å². The molecule has 1 rings (SSSR count). The average Bonchev–Trinajstić information content (AvgIpc) is 2.27. The number of carbonyl (C=O) groups excluding carboxylic acids is 1. The van der Waals surface area contributed by atoms with E-state index < -0.39 is 0 Å². The van der Waals surface area contributed by atoms with Crippen molar-refractivity contribution in [2.24, 2.45) is 4.99 Å². The Morgan fingerprint density at radius 1 is 1.60 bits per heavy atom. The van der Waals surface area contributed by atoms with Crippen molar-refractivity contribution in [3.8, 4) is 5.75 Å². The number of phenols is 1. The van der Waals surface area contributed by atoms with Gasteiger partial charge >= 0.3 is 0 Å². The number of aromatic hydroxyl groups is 1. The van der Waals surface area contributed by atoms with Crippen LogP contribution in [0.2, 0.25) is 0 Å². The second-order valence-electron chi connectivity index (χ2n) is 2.81. The number of phenolic OH excluding ortho intramolecular Hbond substituents is 1. The van der Waals surface area contributed by atoms with Crippen molar-refractivity contribution in [3.63, 3.8) is 0 Å². The van der Waals surface area contributed by atoms with Gasteiger partial charge in [-0.05, 0) is 18.9 Å². The van der Waals surface area contributed by atoms with Crippen LogP contribution in [0.1, 0.15) is 15.9 Å². The van der Waals surface area contributed by atoms with Gasteiger partial charge in [-0.1, -0.05) is 12.7 Å². The zero-order valence-electron chi connectivity index (χ0n) is 8.03. The average molecular weight is 224 g/mol. The summed E-state index contributed by atoms with van der Waals surface area (Å²) in [5.41, 5.74) is 1.09. The SMILES string of the molecule is C=Cc1c(C(=O)CCl)ccc(O)c1N=C. The molecule has 0 saturated carbocycles. The quantitative estimate of drug-likeness (QED) is 0.485. The molecule has 0 atom stereocenters. The summed E-state index contributed by atoms with van der Waals surface area (Å²) >= 11 is 5.46. The van der Waals surface area contributed by atoms with Crippen LogP contribution in [0.15, 0.2) is 23.7 Å². The maximum atomic E-state index is 11.4. The summed E-state index contributed by atoms with van der Waals surface area (Å²) in [4.78, 5) is 15.1. The molecular formula is C11H10ClNO2. The Kier molecular flexibility index (Phi) is 3.63. The molecule has 0 aliphatic heterocycles. The number of benzene rings is 1. The normalized spacial score (nSPS) is 9.67. The first kappa shape index (κ1) is 11.5. The molecule has 78 valence electrons. The van der Waals surface area contributed by atoms with Gasteiger partial charge in [0.05, 0.1) is 5.88 Å². The Morgan fingerprint density at radius 3 is 2.73 bits per heavy atom. The molecule has 3 nitrogen and oxygen atoms in total. The predicted molar refractivity (Wildman–Crippen MR) is 62.5 cm³/mol. The lowest BCUT2D eigenvalue weighted by atomic mass is 10.0. The Balaban J connectivity index is 3.48. The fraction of sp³-hybridized carbons (Fsp3) is 0.0909. The van der Waals surface area contributed by atoms with Crippen molar-refractivity contribution < 1.29 is 9.90 Å². The van der Waals surface area contributed by atoms with E-state index in [4.69, 9.17) is 11.6 Å². The highest BCUT2D eigenvalue weighted by molar-refractivity contribution is 6.31. The maximum absolute atomic E-state index is 11.4. The van der Waals surface area contributed by atoms with Crippen molar-refractivity contribution in [2.75, 3.05) is 5.88 Å². The molecule has 1 aromatic rings. The minimum atomic E-state index is -0.239. The summed E-state index contributed by atoms with van der Waals surface area (Å²) in [5, 5.41) is 9.48. The van der Waals surface area contributed by atoms with Crippen LogP contribution < -0.4 is 0 Å². The molecule has 0 saturated heterocycles. The van der Waals surface area contributed by atoms with Gasteiger partial charge in [-0.3, -0.25) is 9.79 Å². The van der Waals surface area contributed by atoms with E-state index in [1.165, 1.54) is 18.2 Å². The van der Waals surface area contributed by atoms with E-state index in [1.54, 1.807) is 0 Å². The Labute approximate surface area is 92.7 Å².